The summed E-state index contributed by atoms with van der Waals surface area (Å²) in [5.41, 5.74) is 1.47. The lowest BCUT2D eigenvalue weighted by molar-refractivity contribution is -0.118. The van der Waals surface area contributed by atoms with E-state index in [1.54, 1.807) is 4.90 Å². The van der Waals surface area contributed by atoms with Crippen LogP contribution in [0.5, 0.6) is 0 Å². The lowest BCUT2D eigenvalue weighted by Gasteiger charge is -2.20. The van der Waals surface area contributed by atoms with E-state index in [0.29, 0.717) is 18.7 Å². The first-order valence-electron chi connectivity index (χ1n) is 8.31. The standard InChI is InChI=1S/C19H23NO3S/c1-3-5-7-12-17(21)20(4-2)15-13-16(24-18(15)19(22)23)14-10-8-6-9-11-14/h6,8-11,13H,3-5,7,12H2,1-2H3,(H,22,23). The fourth-order valence-electron chi connectivity index (χ4n) is 2.62. The van der Waals surface area contributed by atoms with Crippen molar-refractivity contribution in [2.24, 2.45) is 0 Å². The van der Waals surface area contributed by atoms with Crippen LogP contribution in [0, 0.1) is 0 Å². The van der Waals surface area contributed by atoms with Crippen LogP contribution in [0.4, 0.5) is 5.69 Å². The van der Waals surface area contributed by atoms with Crippen LogP contribution in [0.15, 0.2) is 36.4 Å². The Morgan fingerprint density at radius 1 is 1.12 bits per heavy atom. The zero-order chi connectivity index (χ0) is 17.5. The molecule has 1 amide bonds. The Morgan fingerprint density at radius 2 is 1.83 bits per heavy atom. The lowest BCUT2D eigenvalue weighted by atomic mass is 10.1. The van der Waals surface area contributed by atoms with E-state index in [1.165, 1.54) is 11.3 Å². The number of carboxylic acid groups (broad SMARTS) is 1. The molecular weight excluding hydrogens is 322 g/mol. The maximum absolute atomic E-state index is 12.5. The normalized spacial score (nSPS) is 10.6. The monoisotopic (exact) mass is 345 g/mol. The average Bonchev–Trinajstić information content (AvgIpc) is 3.02. The van der Waals surface area contributed by atoms with E-state index >= 15 is 0 Å². The second kappa shape index (κ2) is 8.64. The van der Waals surface area contributed by atoms with Gasteiger partial charge >= 0.3 is 5.97 Å². The van der Waals surface area contributed by atoms with Crippen molar-refractivity contribution in [2.45, 2.75) is 39.5 Å². The van der Waals surface area contributed by atoms with Crippen molar-refractivity contribution in [1.29, 1.82) is 0 Å². The highest BCUT2D eigenvalue weighted by atomic mass is 32.1. The zero-order valence-electron chi connectivity index (χ0n) is 14.1. The molecule has 0 radical (unpaired) electrons. The van der Waals surface area contributed by atoms with Gasteiger partial charge < -0.3 is 10.0 Å². The third-order valence-corrected chi connectivity index (χ3v) is 5.03. The van der Waals surface area contributed by atoms with Crippen molar-refractivity contribution >= 4 is 28.9 Å². The molecule has 0 aliphatic rings. The summed E-state index contributed by atoms with van der Waals surface area (Å²) >= 11 is 1.22. The van der Waals surface area contributed by atoms with E-state index < -0.39 is 5.97 Å². The largest absolute Gasteiger partial charge is 0.477 e. The Hall–Kier alpha value is -2.14. The molecule has 1 aromatic heterocycles. The van der Waals surface area contributed by atoms with Gasteiger partial charge in [-0.25, -0.2) is 4.79 Å². The van der Waals surface area contributed by atoms with Gasteiger partial charge in [-0.2, -0.15) is 0 Å². The van der Waals surface area contributed by atoms with Gasteiger partial charge in [0, 0.05) is 17.8 Å². The minimum atomic E-state index is -0.989. The molecule has 4 nitrogen and oxygen atoms in total. The Labute approximate surface area is 146 Å². The van der Waals surface area contributed by atoms with E-state index in [2.05, 4.69) is 6.92 Å². The summed E-state index contributed by atoms with van der Waals surface area (Å²) in [5, 5.41) is 9.54. The molecule has 0 aliphatic heterocycles. The van der Waals surface area contributed by atoms with Crippen LogP contribution in [-0.2, 0) is 4.79 Å². The first kappa shape index (κ1) is 18.2. The Morgan fingerprint density at radius 3 is 2.42 bits per heavy atom. The van der Waals surface area contributed by atoms with Crippen molar-refractivity contribution in [3.05, 3.63) is 41.3 Å². The predicted octanol–water partition coefficient (Wildman–Crippen LogP) is 5.05. The molecule has 128 valence electrons. The van der Waals surface area contributed by atoms with Crippen molar-refractivity contribution in [3.8, 4) is 10.4 Å². The fraction of sp³-hybridized carbons (Fsp3) is 0.368. The second-order valence-electron chi connectivity index (χ2n) is 5.59. The highest BCUT2D eigenvalue weighted by Gasteiger charge is 2.23. The first-order valence-corrected chi connectivity index (χ1v) is 9.13. The summed E-state index contributed by atoms with van der Waals surface area (Å²) in [4.78, 5) is 26.8. The molecule has 0 aliphatic carbocycles. The number of anilines is 1. The first-order chi connectivity index (χ1) is 11.6. The second-order valence-corrected chi connectivity index (χ2v) is 6.64. The highest BCUT2D eigenvalue weighted by molar-refractivity contribution is 7.18. The predicted molar refractivity (Wildman–Crippen MR) is 98.9 cm³/mol. The zero-order valence-corrected chi connectivity index (χ0v) is 14.9. The number of hydrogen-bond donors (Lipinski definition) is 1. The summed E-state index contributed by atoms with van der Waals surface area (Å²) in [6.07, 6.45) is 3.35. The number of aromatic carboxylic acids is 1. The van der Waals surface area contributed by atoms with Crippen LogP contribution in [0.2, 0.25) is 0 Å². The van der Waals surface area contributed by atoms with E-state index in [-0.39, 0.29) is 10.8 Å². The van der Waals surface area contributed by atoms with Gasteiger partial charge in [0.15, 0.2) is 0 Å². The molecule has 0 saturated heterocycles. The molecular formula is C19H23NO3S. The number of carbonyl (C=O) groups excluding carboxylic acids is 1. The van der Waals surface area contributed by atoms with Gasteiger partial charge in [-0.05, 0) is 25.0 Å². The molecule has 5 heteroatoms. The summed E-state index contributed by atoms with van der Waals surface area (Å²) in [7, 11) is 0. The number of unbranched alkanes of at least 4 members (excludes halogenated alkanes) is 2. The van der Waals surface area contributed by atoms with Crippen LogP contribution in [-0.4, -0.2) is 23.5 Å². The van der Waals surface area contributed by atoms with E-state index in [0.717, 1.165) is 29.7 Å². The maximum Gasteiger partial charge on any atom is 0.348 e. The van der Waals surface area contributed by atoms with Gasteiger partial charge in [0.25, 0.3) is 0 Å². The Bertz CT molecular complexity index is 694. The number of hydrogen-bond acceptors (Lipinski definition) is 3. The van der Waals surface area contributed by atoms with Gasteiger partial charge in [0.05, 0.1) is 5.69 Å². The average molecular weight is 345 g/mol. The van der Waals surface area contributed by atoms with Gasteiger partial charge in [0.1, 0.15) is 4.88 Å². The molecule has 0 spiro atoms. The quantitative estimate of drug-likeness (QED) is 0.681. The summed E-state index contributed by atoms with van der Waals surface area (Å²) < 4.78 is 0. The fourth-order valence-corrected chi connectivity index (χ4v) is 3.63. The Balaban J connectivity index is 2.34. The van der Waals surface area contributed by atoms with Crippen molar-refractivity contribution in [2.75, 3.05) is 11.4 Å². The summed E-state index contributed by atoms with van der Waals surface area (Å²) in [6, 6.07) is 11.5. The molecule has 24 heavy (non-hydrogen) atoms. The van der Waals surface area contributed by atoms with E-state index in [4.69, 9.17) is 0 Å². The number of benzene rings is 1. The summed E-state index contributed by atoms with van der Waals surface area (Å²) in [6.45, 7) is 4.44. The van der Waals surface area contributed by atoms with Crippen molar-refractivity contribution in [3.63, 3.8) is 0 Å². The van der Waals surface area contributed by atoms with Crippen molar-refractivity contribution in [1.82, 2.24) is 0 Å². The SMILES string of the molecule is CCCCCC(=O)N(CC)c1cc(-c2ccccc2)sc1C(=O)O. The molecule has 0 fully saturated rings. The molecule has 1 heterocycles. The maximum atomic E-state index is 12.5. The van der Waals surface area contributed by atoms with E-state index in [9.17, 15) is 14.7 Å². The smallest absolute Gasteiger partial charge is 0.348 e. The van der Waals surface area contributed by atoms with E-state index in [1.807, 2.05) is 43.3 Å². The molecule has 0 unspecified atom stereocenters. The molecule has 2 aromatic rings. The number of carboxylic acids is 1. The van der Waals surface area contributed by atoms with Gasteiger partial charge in [-0.1, -0.05) is 50.1 Å². The molecule has 0 saturated carbocycles. The molecule has 1 aromatic carbocycles. The molecule has 2 rings (SSSR count). The van der Waals surface area contributed by atoms with Gasteiger partial charge in [-0.3, -0.25) is 4.79 Å². The van der Waals surface area contributed by atoms with Crippen LogP contribution in [0.3, 0.4) is 0 Å². The third-order valence-electron chi connectivity index (χ3n) is 3.87. The van der Waals surface area contributed by atoms with Crippen LogP contribution >= 0.6 is 11.3 Å². The number of nitrogens with zero attached hydrogens (tertiary/aromatic N) is 1. The van der Waals surface area contributed by atoms with Crippen LogP contribution < -0.4 is 4.90 Å². The highest BCUT2D eigenvalue weighted by Crippen LogP contribution is 2.37. The number of rotatable bonds is 8. The summed E-state index contributed by atoms with van der Waals surface area (Å²) in [5.74, 6) is -0.997. The van der Waals surface area contributed by atoms with Crippen LogP contribution in [0.1, 0.15) is 49.2 Å². The van der Waals surface area contributed by atoms with Crippen molar-refractivity contribution < 1.29 is 14.7 Å². The minimum Gasteiger partial charge on any atom is -0.477 e. The number of thiophene rings is 1. The lowest BCUT2D eigenvalue weighted by Crippen LogP contribution is -2.31. The number of carbonyl (C=O) groups is 2. The number of amides is 1. The molecule has 0 atom stereocenters. The molecule has 1 N–H and O–H groups in total. The topological polar surface area (TPSA) is 57.6 Å². The van der Waals surface area contributed by atoms with Crippen LogP contribution in [0.25, 0.3) is 10.4 Å². The third kappa shape index (κ3) is 4.23. The minimum absolute atomic E-state index is 0.00846. The van der Waals surface area contributed by atoms with Gasteiger partial charge in [0.2, 0.25) is 5.91 Å². The Kier molecular flexibility index (Phi) is 6.55. The van der Waals surface area contributed by atoms with Gasteiger partial charge in [-0.15, -0.1) is 11.3 Å². The molecule has 0 bridgehead atoms.